The number of carboxylic acids is 1. The Morgan fingerprint density at radius 2 is 2.16 bits per heavy atom. The molecule has 0 heterocycles. The number of aliphatic carboxylic acids is 1. The summed E-state index contributed by atoms with van der Waals surface area (Å²) in [6.45, 7) is 1.59. The van der Waals surface area contributed by atoms with Crippen molar-refractivity contribution < 1.29 is 19.0 Å². The number of benzene rings is 1. The third-order valence-corrected chi connectivity index (χ3v) is 3.50. The zero-order valence-corrected chi connectivity index (χ0v) is 11.7. The van der Waals surface area contributed by atoms with Gasteiger partial charge in [-0.1, -0.05) is 12.1 Å². The Kier molecular flexibility index (Phi) is 7.47. The Hall–Kier alpha value is -1.11. The molecule has 0 aromatic heterocycles. The van der Waals surface area contributed by atoms with Gasteiger partial charge in [-0.25, -0.2) is 4.39 Å². The zero-order valence-electron chi connectivity index (χ0n) is 10.8. The number of nitrogens with zero attached hydrogens (tertiary/aromatic N) is 1. The quantitative estimate of drug-likeness (QED) is 0.704. The highest BCUT2D eigenvalue weighted by molar-refractivity contribution is 7.99. The van der Waals surface area contributed by atoms with Gasteiger partial charge in [-0.15, -0.1) is 11.8 Å². The van der Waals surface area contributed by atoms with Crippen molar-refractivity contribution in [1.29, 1.82) is 0 Å². The highest BCUT2D eigenvalue weighted by Gasteiger charge is 2.10. The van der Waals surface area contributed by atoms with Crippen molar-refractivity contribution in [1.82, 2.24) is 4.90 Å². The van der Waals surface area contributed by atoms with E-state index in [1.54, 1.807) is 30.2 Å². The van der Waals surface area contributed by atoms with E-state index < -0.39 is 5.97 Å². The predicted octanol–water partition coefficient (Wildman–Crippen LogP) is 1.95. The molecule has 1 rings (SSSR count). The van der Waals surface area contributed by atoms with E-state index in [0.29, 0.717) is 30.3 Å². The molecule has 0 saturated heterocycles. The molecule has 0 spiro atoms. The van der Waals surface area contributed by atoms with E-state index >= 15 is 0 Å². The van der Waals surface area contributed by atoms with Gasteiger partial charge in [0.15, 0.2) is 0 Å². The van der Waals surface area contributed by atoms with Gasteiger partial charge >= 0.3 is 5.97 Å². The molecule has 1 N–H and O–H groups in total. The van der Waals surface area contributed by atoms with Gasteiger partial charge in [0.2, 0.25) is 0 Å². The van der Waals surface area contributed by atoms with Crippen LogP contribution in [-0.2, 0) is 9.53 Å². The van der Waals surface area contributed by atoms with Crippen molar-refractivity contribution in [2.24, 2.45) is 0 Å². The van der Waals surface area contributed by atoms with Gasteiger partial charge in [0.25, 0.3) is 0 Å². The van der Waals surface area contributed by atoms with E-state index in [4.69, 9.17) is 9.84 Å². The maximum Gasteiger partial charge on any atom is 0.317 e. The summed E-state index contributed by atoms with van der Waals surface area (Å²) in [6.07, 6.45) is 0. The van der Waals surface area contributed by atoms with Gasteiger partial charge in [0.1, 0.15) is 5.82 Å². The molecular weight excluding hydrogens is 269 g/mol. The summed E-state index contributed by atoms with van der Waals surface area (Å²) >= 11 is 1.39. The predicted molar refractivity (Wildman–Crippen MR) is 73.1 cm³/mol. The second kappa shape index (κ2) is 8.90. The highest BCUT2D eigenvalue weighted by Crippen LogP contribution is 2.20. The molecule has 0 aliphatic heterocycles. The molecule has 0 aliphatic rings. The van der Waals surface area contributed by atoms with E-state index in [2.05, 4.69) is 0 Å². The number of hydrogen-bond donors (Lipinski definition) is 1. The number of carbonyl (C=O) groups is 1. The first-order valence-corrected chi connectivity index (χ1v) is 6.92. The van der Waals surface area contributed by atoms with Crippen LogP contribution in [0.25, 0.3) is 0 Å². The molecule has 19 heavy (non-hydrogen) atoms. The van der Waals surface area contributed by atoms with Crippen molar-refractivity contribution in [3.63, 3.8) is 0 Å². The second-order valence-corrected chi connectivity index (χ2v) is 5.08. The Bertz CT molecular complexity index is 403. The van der Waals surface area contributed by atoms with Gasteiger partial charge in [-0.3, -0.25) is 9.69 Å². The van der Waals surface area contributed by atoms with Gasteiger partial charge < -0.3 is 9.84 Å². The molecule has 0 saturated carbocycles. The van der Waals surface area contributed by atoms with Gasteiger partial charge in [-0.05, 0) is 12.1 Å². The molecule has 0 bridgehead atoms. The first-order chi connectivity index (χ1) is 9.13. The van der Waals surface area contributed by atoms with Gasteiger partial charge in [-0.2, -0.15) is 0 Å². The van der Waals surface area contributed by atoms with Crippen LogP contribution in [0.3, 0.4) is 0 Å². The number of carboxylic acid groups (broad SMARTS) is 1. The van der Waals surface area contributed by atoms with Crippen LogP contribution >= 0.6 is 11.8 Å². The van der Waals surface area contributed by atoms with Crippen molar-refractivity contribution in [3.05, 3.63) is 30.1 Å². The summed E-state index contributed by atoms with van der Waals surface area (Å²) < 4.78 is 18.3. The topological polar surface area (TPSA) is 49.8 Å². The van der Waals surface area contributed by atoms with E-state index in [9.17, 15) is 9.18 Å². The molecular formula is C13H18FNO3S. The second-order valence-electron chi connectivity index (χ2n) is 3.94. The van der Waals surface area contributed by atoms with Crippen molar-refractivity contribution in [3.8, 4) is 0 Å². The lowest BCUT2D eigenvalue weighted by Gasteiger charge is -2.19. The van der Waals surface area contributed by atoms with Crippen LogP contribution < -0.4 is 0 Å². The summed E-state index contributed by atoms with van der Waals surface area (Å²) in [5.74, 6) is -0.473. The van der Waals surface area contributed by atoms with Gasteiger partial charge in [0.05, 0.1) is 13.2 Å². The van der Waals surface area contributed by atoms with Crippen LogP contribution in [0.15, 0.2) is 29.2 Å². The number of thioether (sulfide) groups is 1. The largest absolute Gasteiger partial charge is 0.480 e. The average Bonchev–Trinajstić information content (AvgIpc) is 2.37. The van der Waals surface area contributed by atoms with Gasteiger partial charge in [0, 0.05) is 30.8 Å². The number of rotatable bonds is 9. The monoisotopic (exact) mass is 287 g/mol. The third kappa shape index (κ3) is 6.56. The van der Waals surface area contributed by atoms with Crippen molar-refractivity contribution in [2.75, 3.05) is 39.1 Å². The molecule has 1 aromatic rings. The van der Waals surface area contributed by atoms with Crippen molar-refractivity contribution >= 4 is 17.7 Å². The Morgan fingerprint density at radius 1 is 1.42 bits per heavy atom. The standard InChI is InChI=1S/C13H18FNO3S/c1-18-8-6-15(10-13(16)17)7-9-19-12-5-3-2-4-11(12)14/h2-5H,6-10H2,1H3,(H,16,17). The number of methoxy groups -OCH3 is 1. The Morgan fingerprint density at radius 3 is 2.79 bits per heavy atom. The van der Waals surface area contributed by atoms with Crippen molar-refractivity contribution in [2.45, 2.75) is 4.90 Å². The van der Waals surface area contributed by atoms with Crippen LogP contribution in [0.4, 0.5) is 4.39 Å². The molecule has 0 atom stereocenters. The lowest BCUT2D eigenvalue weighted by Crippen LogP contribution is -2.34. The van der Waals surface area contributed by atoms with Crippen LogP contribution in [0.5, 0.6) is 0 Å². The number of halogens is 1. The van der Waals surface area contributed by atoms with Crippen LogP contribution in [-0.4, -0.2) is 55.1 Å². The first kappa shape index (κ1) is 15.9. The minimum atomic E-state index is -0.869. The normalized spacial score (nSPS) is 10.9. The summed E-state index contributed by atoms with van der Waals surface area (Å²) in [7, 11) is 1.58. The fraction of sp³-hybridized carbons (Fsp3) is 0.462. The molecule has 0 amide bonds. The summed E-state index contributed by atoms with van der Waals surface area (Å²) in [6, 6.07) is 6.57. The summed E-state index contributed by atoms with van der Waals surface area (Å²) in [4.78, 5) is 13.1. The minimum Gasteiger partial charge on any atom is -0.480 e. The first-order valence-electron chi connectivity index (χ1n) is 5.94. The lowest BCUT2D eigenvalue weighted by molar-refractivity contribution is -0.138. The van der Waals surface area contributed by atoms with Crippen LogP contribution in [0, 0.1) is 5.82 Å². The third-order valence-electron chi connectivity index (χ3n) is 2.47. The molecule has 106 valence electrons. The Balaban J connectivity index is 2.38. The molecule has 0 unspecified atom stereocenters. The highest BCUT2D eigenvalue weighted by atomic mass is 32.2. The number of hydrogen-bond acceptors (Lipinski definition) is 4. The van der Waals surface area contributed by atoms with E-state index in [0.717, 1.165) is 0 Å². The summed E-state index contributed by atoms with van der Waals surface area (Å²) in [5, 5.41) is 8.79. The lowest BCUT2D eigenvalue weighted by atomic mass is 10.3. The number of ether oxygens (including phenoxy) is 1. The SMILES string of the molecule is COCCN(CCSc1ccccc1F)CC(=O)O. The molecule has 6 heteroatoms. The maximum absolute atomic E-state index is 13.4. The Labute approximate surface area is 116 Å². The van der Waals surface area contributed by atoms with E-state index in [1.807, 2.05) is 0 Å². The maximum atomic E-state index is 13.4. The van der Waals surface area contributed by atoms with Crippen LogP contribution in [0.2, 0.25) is 0 Å². The smallest absolute Gasteiger partial charge is 0.317 e. The van der Waals surface area contributed by atoms with E-state index in [1.165, 1.54) is 17.8 Å². The molecule has 0 fully saturated rings. The fourth-order valence-electron chi connectivity index (χ4n) is 1.53. The molecule has 0 radical (unpaired) electrons. The zero-order chi connectivity index (χ0) is 14.1. The molecule has 4 nitrogen and oxygen atoms in total. The van der Waals surface area contributed by atoms with E-state index in [-0.39, 0.29) is 12.4 Å². The fourth-order valence-corrected chi connectivity index (χ4v) is 2.48. The summed E-state index contributed by atoms with van der Waals surface area (Å²) in [5.41, 5.74) is 0. The molecule has 1 aromatic carbocycles. The minimum absolute atomic E-state index is 0.0266. The molecule has 0 aliphatic carbocycles. The average molecular weight is 287 g/mol. The van der Waals surface area contributed by atoms with Crippen LogP contribution in [0.1, 0.15) is 0 Å².